The Balaban J connectivity index is 1.37. The summed E-state index contributed by atoms with van der Waals surface area (Å²) in [4.78, 5) is 20.8. The normalized spacial score (nSPS) is 11.0. The van der Waals surface area contributed by atoms with Gasteiger partial charge in [-0.2, -0.15) is 0 Å². The van der Waals surface area contributed by atoms with Crippen molar-refractivity contribution in [2.45, 2.75) is 19.8 Å². The smallest absolute Gasteiger partial charge is 0.222 e. The van der Waals surface area contributed by atoms with Gasteiger partial charge in [0.05, 0.1) is 5.02 Å². The number of aromatic amines is 1. The molecule has 7 heteroatoms. The number of nitrogens with zero attached hydrogens (tertiary/aromatic N) is 4. The molecule has 4 aromatic heterocycles. The van der Waals surface area contributed by atoms with Crippen LogP contribution in [-0.2, 0) is 12.8 Å². The number of H-pyrrole nitrogens is 1. The summed E-state index contributed by atoms with van der Waals surface area (Å²) in [5, 5.41) is 4.89. The predicted molar refractivity (Wildman–Crippen MR) is 107 cm³/mol. The summed E-state index contributed by atoms with van der Waals surface area (Å²) < 4.78 is 0. The summed E-state index contributed by atoms with van der Waals surface area (Å²) >= 11 is 6.06. The van der Waals surface area contributed by atoms with E-state index in [0.717, 1.165) is 52.9 Å². The van der Waals surface area contributed by atoms with E-state index >= 15 is 0 Å². The number of anilines is 1. The minimum absolute atomic E-state index is 0.620. The Kier molecular flexibility index (Phi) is 4.98. The molecule has 0 aromatic carbocycles. The van der Waals surface area contributed by atoms with Crippen LogP contribution in [0.3, 0.4) is 0 Å². The molecule has 0 saturated heterocycles. The second-order valence-electron chi connectivity index (χ2n) is 6.40. The third-order valence-corrected chi connectivity index (χ3v) is 4.50. The number of fused-ring (bicyclic) bond motifs is 1. The lowest BCUT2D eigenvalue weighted by Gasteiger charge is -2.06. The third kappa shape index (κ3) is 4.23. The Morgan fingerprint density at radius 2 is 1.96 bits per heavy atom. The first-order chi connectivity index (χ1) is 13.2. The SMILES string of the molecule is Cc1cccc(CCNc2ncc(Cc3c[nH]c4ncc(Cl)cc34)cn2)n1. The highest BCUT2D eigenvalue weighted by molar-refractivity contribution is 6.31. The molecule has 4 heterocycles. The first-order valence-electron chi connectivity index (χ1n) is 8.76. The molecule has 4 rings (SSSR count). The average molecular weight is 379 g/mol. The van der Waals surface area contributed by atoms with E-state index in [-0.39, 0.29) is 0 Å². The summed E-state index contributed by atoms with van der Waals surface area (Å²) in [6.07, 6.45) is 8.83. The zero-order valence-corrected chi connectivity index (χ0v) is 15.7. The zero-order chi connectivity index (χ0) is 18.6. The van der Waals surface area contributed by atoms with Crippen LogP contribution < -0.4 is 5.32 Å². The van der Waals surface area contributed by atoms with Crippen LogP contribution in [0, 0.1) is 6.92 Å². The molecule has 136 valence electrons. The maximum absolute atomic E-state index is 6.06. The van der Waals surface area contributed by atoms with Gasteiger partial charge in [0.2, 0.25) is 5.95 Å². The third-order valence-electron chi connectivity index (χ3n) is 4.29. The molecule has 0 aliphatic heterocycles. The highest BCUT2D eigenvalue weighted by Crippen LogP contribution is 2.22. The summed E-state index contributed by atoms with van der Waals surface area (Å²) in [6, 6.07) is 7.97. The highest BCUT2D eigenvalue weighted by atomic mass is 35.5. The van der Waals surface area contributed by atoms with Crippen LogP contribution in [0.4, 0.5) is 5.95 Å². The van der Waals surface area contributed by atoms with E-state index in [9.17, 15) is 0 Å². The lowest BCUT2D eigenvalue weighted by atomic mass is 10.1. The summed E-state index contributed by atoms with van der Waals surface area (Å²) in [5.41, 5.74) is 5.07. The van der Waals surface area contributed by atoms with E-state index in [1.165, 1.54) is 0 Å². The van der Waals surface area contributed by atoms with E-state index in [0.29, 0.717) is 11.0 Å². The molecule has 0 aliphatic rings. The number of rotatable bonds is 6. The van der Waals surface area contributed by atoms with Crippen molar-refractivity contribution in [3.63, 3.8) is 0 Å². The number of hydrogen-bond donors (Lipinski definition) is 2. The molecule has 0 fully saturated rings. The first-order valence-corrected chi connectivity index (χ1v) is 9.14. The number of hydrogen-bond acceptors (Lipinski definition) is 5. The summed E-state index contributed by atoms with van der Waals surface area (Å²) in [7, 11) is 0. The van der Waals surface area contributed by atoms with Gasteiger partial charge in [-0.25, -0.2) is 15.0 Å². The quantitative estimate of drug-likeness (QED) is 0.531. The van der Waals surface area contributed by atoms with Gasteiger partial charge < -0.3 is 10.3 Å². The number of aromatic nitrogens is 5. The van der Waals surface area contributed by atoms with Crippen molar-refractivity contribution in [1.29, 1.82) is 0 Å². The van der Waals surface area contributed by atoms with E-state index in [1.807, 2.05) is 49.8 Å². The van der Waals surface area contributed by atoms with E-state index in [1.54, 1.807) is 6.20 Å². The van der Waals surface area contributed by atoms with Crippen molar-refractivity contribution >= 4 is 28.6 Å². The molecule has 0 unspecified atom stereocenters. The molecule has 4 aromatic rings. The molecule has 2 N–H and O–H groups in total. The van der Waals surface area contributed by atoms with E-state index in [4.69, 9.17) is 11.6 Å². The Hall–Kier alpha value is -2.99. The van der Waals surface area contributed by atoms with Crippen molar-refractivity contribution in [2.24, 2.45) is 0 Å². The fraction of sp³-hybridized carbons (Fsp3) is 0.200. The maximum Gasteiger partial charge on any atom is 0.222 e. The number of pyridine rings is 2. The van der Waals surface area contributed by atoms with Crippen LogP contribution in [-0.4, -0.2) is 31.5 Å². The van der Waals surface area contributed by atoms with Crippen LogP contribution in [0.2, 0.25) is 5.02 Å². The molecule has 0 aliphatic carbocycles. The van der Waals surface area contributed by atoms with E-state index < -0.39 is 0 Å². The topological polar surface area (TPSA) is 79.4 Å². The number of nitrogens with one attached hydrogen (secondary N) is 2. The minimum Gasteiger partial charge on any atom is -0.354 e. The van der Waals surface area contributed by atoms with Gasteiger partial charge in [0.15, 0.2) is 0 Å². The molecular weight excluding hydrogens is 360 g/mol. The van der Waals surface area contributed by atoms with Crippen LogP contribution in [0.25, 0.3) is 11.0 Å². The van der Waals surface area contributed by atoms with Gasteiger partial charge >= 0.3 is 0 Å². The first kappa shape index (κ1) is 17.4. The molecule has 0 radical (unpaired) electrons. The molecule has 27 heavy (non-hydrogen) atoms. The summed E-state index contributed by atoms with van der Waals surface area (Å²) in [5.74, 6) is 0.620. The molecule has 0 atom stereocenters. The van der Waals surface area contributed by atoms with E-state index in [2.05, 4.69) is 30.2 Å². The fourth-order valence-electron chi connectivity index (χ4n) is 2.98. The number of aryl methyl sites for hydroxylation is 1. The van der Waals surface area contributed by atoms with Crippen molar-refractivity contribution in [3.05, 3.63) is 76.6 Å². The van der Waals surface area contributed by atoms with Gasteiger partial charge in [-0.3, -0.25) is 4.98 Å². The van der Waals surface area contributed by atoms with Gasteiger partial charge in [-0.1, -0.05) is 17.7 Å². The van der Waals surface area contributed by atoms with Crippen LogP contribution in [0.15, 0.2) is 49.1 Å². The Bertz CT molecular complexity index is 1060. The predicted octanol–water partition coefficient (Wildman–Crippen LogP) is 3.96. The average Bonchev–Trinajstić information content (AvgIpc) is 3.05. The second-order valence-corrected chi connectivity index (χ2v) is 6.84. The zero-order valence-electron chi connectivity index (χ0n) is 14.9. The Morgan fingerprint density at radius 3 is 2.78 bits per heavy atom. The molecule has 0 saturated carbocycles. The van der Waals surface area contributed by atoms with Gasteiger partial charge in [-0.05, 0) is 36.2 Å². The molecular formula is C20H19ClN6. The Labute approximate surface area is 162 Å². The van der Waals surface area contributed by atoms with Crippen molar-refractivity contribution in [3.8, 4) is 0 Å². The summed E-state index contributed by atoms with van der Waals surface area (Å²) in [6.45, 7) is 2.74. The maximum atomic E-state index is 6.06. The lowest BCUT2D eigenvalue weighted by Crippen LogP contribution is -2.09. The molecule has 0 amide bonds. The van der Waals surface area contributed by atoms with Crippen LogP contribution in [0.5, 0.6) is 0 Å². The minimum atomic E-state index is 0.620. The monoisotopic (exact) mass is 378 g/mol. The molecule has 0 spiro atoms. The highest BCUT2D eigenvalue weighted by Gasteiger charge is 2.07. The number of halogens is 1. The van der Waals surface area contributed by atoms with Gasteiger partial charge in [-0.15, -0.1) is 0 Å². The van der Waals surface area contributed by atoms with Crippen molar-refractivity contribution in [2.75, 3.05) is 11.9 Å². The van der Waals surface area contributed by atoms with Crippen molar-refractivity contribution < 1.29 is 0 Å². The second kappa shape index (κ2) is 7.72. The van der Waals surface area contributed by atoms with Crippen molar-refractivity contribution in [1.82, 2.24) is 24.9 Å². The standard InChI is InChI=1S/C20H19ClN6/c1-13-3-2-4-17(27-13)5-6-22-20-25-9-14(10-26-20)7-15-11-23-19-18(15)8-16(21)12-24-19/h2-4,8-12H,5-7H2,1H3,(H,23,24)(H,22,25,26). The van der Waals surface area contributed by atoms with Crippen LogP contribution >= 0.6 is 11.6 Å². The largest absolute Gasteiger partial charge is 0.354 e. The molecule has 6 nitrogen and oxygen atoms in total. The lowest BCUT2D eigenvalue weighted by molar-refractivity contribution is 0.926. The van der Waals surface area contributed by atoms with Gasteiger partial charge in [0.25, 0.3) is 0 Å². The van der Waals surface area contributed by atoms with Gasteiger partial charge in [0, 0.05) is 60.9 Å². The Morgan fingerprint density at radius 1 is 1.11 bits per heavy atom. The van der Waals surface area contributed by atoms with Crippen LogP contribution in [0.1, 0.15) is 22.5 Å². The van der Waals surface area contributed by atoms with Gasteiger partial charge in [0.1, 0.15) is 5.65 Å². The molecule has 0 bridgehead atoms. The fourth-order valence-corrected chi connectivity index (χ4v) is 3.13.